The average molecular weight is 242 g/mol. The van der Waals surface area contributed by atoms with Gasteiger partial charge in [-0.2, -0.15) is 18.4 Å². The quantitative estimate of drug-likeness (QED) is 0.358. The van der Waals surface area contributed by atoms with Crippen LogP contribution in [0.5, 0.6) is 0 Å². The summed E-state index contributed by atoms with van der Waals surface area (Å²) in [6.07, 6.45) is -2.91. The normalized spacial score (nSPS) is 12.0. The lowest BCUT2D eigenvalue weighted by Crippen LogP contribution is -2.27. The fourth-order valence-electron chi connectivity index (χ4n) is 1.20. The van der Waals surface area contributed by atoms with Crippen LogP contribution in [-0.4, -0.2) is 5.96 Å². The molecule has 90 valence electrons. The van der Waals surface area contributed by atoms with Gasteiger partial charge >= 0.3 is 6.18 Å². The summed E-state index contributed by atoms with van der Waals surface area (Å²) in [5, 5.41) is 10.2. The Kier molecular flexibility index (Phi) is 3.93. The zero-order chi connectivity index (χ0) is 12.9. The van der Waals surface area contributed by atoms with Crippen molar-refractivity contribution >= 4 is 5.96 Å². The first-order valence-corrected chi connectivity index (χ1v) is 4.55. The molecule has 7 heteroatoms. The summed E-state index contributed by atoms with van der Waals surface area (Å²) in [6.45, 7) is -0.240. The van der Waals surface area contributed by atoms with Gasteiger partial charge in [0.15, 0.2) is 6.19 Å². The van der Waals surface area contributed by atoms with Gasteiger partial charge in [0, 0.05) is 0 Å². The summed E-state index contributed by atoms with van der Waals surface area (Å²) in [5.74, 6) is -0.218. The van der Waals surface area contributed by atoms with Crippen molar-refractivity contribution in [2.45, 2.75) is 12.7 Å². The van der Waals surface area contributed by atoms with Crippen molar-refractivity contribution in [1.29, 1.82) is 5.26 Å². The molecule has 0 radical (unpaired) electrons. The lowest BCUT2D eigenvalue weighted by Gasteiger charge is -2.10. The highest BCUT2D eigenvalue weighted by Gasteiger charge is 2.32. The molecule has 0 fully saturated rings. The number of nitrogens with two attached hydrogens (primary N) is 1. The molecule has 4 nitrogen and oxygen atoms in total. The van der Waals surface area contributed by atoms with Crippen molar-refractivity contribution in [3.8, 4) is 6.19 Å². The largest absolute Gasteiger partial charge is 0.416 e. The Balaban J connectivity index is 2.93. The van der Waals surface area contributed by atoms with E-state index in [9.17, 15) is 13.2 Å². The van der Waals surface area contributed by atoms with Gasteiger partial charge in [0.05, 0.1) is 12.1 Å². The molecule has 0 amide bonds. The molecule has 3 N–H and O–H groups in total. The molecule has 0 aromatic heterocycles. The highest BCUT2D eigenvalue weighted by molar-refractivity contribution is 5.79. The van der Waals surface area contributed by atoms with Gasteiger partial charge in [0.2, 0.25) is 5.96 Å². The van der Waals surface area contributed by atoms with Crippen molar-refractivity contribution in [3.63, 3.8) is 0 Å². The predicted molar refractivity (Wildman–Crippen MR) is 55.5 cm³/mol. The Bertz CT molecular complexity index is 459. The second-order valence-electron chi connectivity index (χ2n) is 3.09. The predicted octanol–water partition coefficient (Wildman–Crippen LogP) is 1.59. The van der Waals surface area contributed by atoms with Crippen molar-refractivity contribution < 1.29 is 13.2 Å². The van der Waals surface area contributed by atoms with Crippen molar-refractivity contribution in [3.05, 3.63) is 35.4 Å². The first-order valence-electron chi connectivity index (χ1n) is 4.55. The van der Waals surface area contributed by atoms with Gasteiger partial charge in [-0.05, 0) is 11.6 Å². The second-order valence-corrected chi connectivity index (χ2v) is 3.09. The summed E-state index contributed by atoms with van der Waals surface area (Å²) >= 11 is 0. The second kappa shape index (κ2) is 5.21. The number of hydrogen-bond acceptors (Lipinski definition) is 2. The number of alkyl halides is 3. The molecule has 0 bridgehead atoms. The number of nitrogens with one attached hydrogen (secondary N) is 1. The zero-order valence-electron chi connectivity index (χ0n) is 8.62. The highest BCUT2D eigenvalue weighted by atomic mass is 19.4. The van der Waals surface area contributed by atoms with Gasteiger partial charge in [-0.25, -0.2) is 4.99 Å². The number of benzene rings is 1. The summed E-state index contributed by atoms with van der Waals surface area (Å²) < 4.78 is 37.7. The van der Waals surface area contributed by atoms with E-state index in [0.717, 1.165) is 6.07 Å². The third-order valence-corrected chi connectivity index (χ3v) is 1.93. The number of halogens is 3. The van der Waals surface area contributed by atoms with E-state index in [2.05, 4.69) is 4.99 Å². The van der Waals surface area contributed by atoms with Crippen LogP contribution in [0.15, 0.2) is 29.3 Å². The standard InChI is InChI=1S/C10H9F3N4/c11-10(12,13)8-4-2-1-3-7(8)5-16-9(15)17-6-14/h1-4H,5H2,(H3,15,16,17). The van der Waals surface area contributed by atoms with Crippen molar-refractivity contribution in [1.82, 2.24) is 5.32 Å². The third kappa shape index (κ3) is 3.68. The van der Waals surface area contributed by atoms with Crippen LogP contribution in [-0.2, 0) is 12.7 Å². The molecular formula is C10H9F3N4. The number of aliphatic imine (C=N–C) groups is 1. The van der Waals surface area contributed by atoms with Gasteiger partial charge < -0.3 is 5.73 Å². The Labute approximate surface area is 95.6 Å². The molecular weight excluding hydrogens is 233 g/mol. The molecule has 0 heterocycles. The molecule has 1 rings (SSSR count). The van der Waals surface area contributed by atoms with Crippen LogP contribution in [0.3, 0.4) is 0 Å². The minimum absolute atomic E-state index is 0.00249. The topological polar surface area (TPSA) is 74.2 Å². The van der Waals surface area contributed by atoms with E-state index >= 15 is 0 Å². The van der Waals surface area contributed by atoms with E-state index < -0.39 is 11.7 Å². The third-order valence-electron chi connectivity index (χ3n) is 1.93. The molecule has 0 saturated carbocycles. The molecule has 0 saturated heterocycles. The van der Waals surface area contributed by atoms with E-state index in [1.54, 1.807) is 0 Å². The van der Waals surface area contributed by atoms with Gasteiger partial charge in [0.1, 0.15) is 0 Å². The molecule has 0 spiro atoms. The van der Waals surface area contributed by atoms with Crippen LogP contribution in [0.2, 0.25) is 0 Å². The number of guanidine groups is 1. The molecule has 0 atom stereocenters. The van der Waals surface area contributed by atoms with E-state index in [0.29, 0.717) is 0 Å². The molecule has 17 heavy (non-hydrogen) atoms. The maximum absolute atomic E-state index is 12.6. The fourth-order valence-corrected chi connectivity index (χ4v) is 1.20. The first kappa shape index (κ1) is 12.8. The lowest BCUT2D eigenvalue weighted by molar-refractivity contribution is -0.138. The molecule has 0 unspecified atom stereocenters. The molecule has 1 aromatic rings. The molecule has 0 aliphatic heterocycles. The number of rotatable bonds is 2. The average Bonchev–Trinajstić information content (AvgIpc) is 2.26. The van der Waals surface area contributed by atoms with Crippen LogP contribution >= 0.6 is 0 Å². The maximum Gasteiger partial charge on any atom is 0.416 e. The Morgan fingerprint density at radius 1 is 1.41 bits per heavy atom. The monoisotopic (exact) mass is 242 g/mol. The molecule has 0 aliphatic carbocycles. The minimum atomic E-state index is -4.43. The Morgan fingerprint density at radius 3 is 2.65 bits per heavy atom. The van der Waals surface area contributed by atoms with Crippen molar-refractivity contribution in [2.24, 2.45) is 10.7 Å². The van der Waals surface area contributed by atoms with Gasteiger partial charge in [-0.3, -0.25) is 5.32 Å². The van der Waals surface area contributed by atoms with Gasteiger partial charge in [0.25, 0.3) is 0 Å². The smallest absolute Gasteiger partial charge is 0.369 e. The first-order chi connectivity index (χ1) is 7.95. The van der Waals surface area contributed by atoms with Gasteiger partial charge in [-0.15, -0.1) is 0 Å². The highest BCUT2D eigenvalue weighted by Crippen LogP contribution is 2.31. The van der Waals surface area contributed by atoms with Crippen LogP contribution in [0.25, 0.3) is 0 Å². The summed E-state index contributed by atoms with van der Waals surface area (Å²) in [7, 11) is 0. The SMILES string of the molecule is N#CNC(N)=NCc1ccccc1C(F)(F)F. The fraction of sp³-hybridized carbons (Fsp3) is 0.200. The number of nitrogens with zero attached hydrogens (tertiary/aromatic N) is 2. The molecule has 0 aliphatic rings. The summed E-state index contributed by atoms with van der Waals surface area (Å²) in [6, 6.07) is 5.06. The summed E-state index contributed by atoms with van der Waals surface area (Å²) in [4.78, 5) is 3.62. The van der Waals surface area contributed by atoms with Crippen LogP contribution in [0, 0.1) is 11.5 Å². The van der Waals surface area contributed by atoms with E-state index in [1.165, 1.54) is 24.4 Å². The molecule has 1 aromatic carbocycles. The van der Waals surface area contributed by atoms with E-state index in [1.807, 2.05) is 5.32 Å². The maximum atomic E-state index is 12.6. The van der Waals surface area contributed by atoms with Crippen LogP contribution < -0.4 is 11.1 Å². The zero-order valence-corrected chi connectivity index (χ0v) is 8.62. The Morgan fingerprint density at radius 2 is 2.06 bits per heavy atom. The lowest BCUT2D eigenvalue weighted by atomic mass is 10.1. The van der Waals surface area contributed by atoms with Crippen molar-refractivity contribution in [2.75, 3.05) is 0 Å². The number of hydrogen-bond donors (Lipinski definition) is 2. The van der Waals surface area contributed by atoms with E-state index in [4.69, 9.17) is 11.0 Å². The van der Waals surface area contributed by atoms with E-state index in [-0.39, 0.29) is 18.1 Å². The Hall–Kier alpha value is -2.23. The van der Waals surface area contributed by atoms with Crippen LogP contribution in [0.4, 0.5) is 13.2 Å². The summed E-state index contributed by atoms with van der Waals surface area (Å²) in [5.41, 5.74) is 4.47. The minimum Gasteiger partial charge on any atom is -0.369 e. The number of nitriles is 1. The van der Waals surface area contributed by atoms with Crippen LogP contribution in [0.1, 0.15) is 11.1 Å². The van der Waals surface area contributed by atoms with Gasteiger partial charge in [-0.1, -0.05) is 18.2 Å².